The van der Waals surface area contributed by atoms with Crippen LogP contribution in [0.3, 0.4) is 0 Å². The highest BCUT2D eigenvalue weighted by Crippen LogP contribution is 2.45. The molecule has 0 unspecified atom stereocenters. The Balaban J connectivity index is 4.07. The van der Waals surface area contributed by atoms with Crippen LogP contribution in [0.25, 0.3) is 0 Å². The monoisotopic (exact) mass is 208 g/mol. The molecule has 0 atom stereocenters. The molecule has 0 saturated carbocycles. The van der Waals surface area contributed by atoms with Gasteiger partial charge in [0.05, 0.1) is 13.3 Å². The number of hydrogen-bond acceptors (Lipinski definition) is 5. The molecule has 0 fully saturated rings. The molecule has 13 heavy (non-hydrogen) atoms. The molecule has 0 heterocycles. The summed E-state index contributed by atoms with van der Waals surface area (Å²) in [6.45, 7) is 0. The van der Waals surface area contributed by atoms with E-state index >= 15 is 0 Å². The van der Waals surface area contributed by atoms with Gasteiger partial charge in [-0.15, -0.1) is 0 Å². The zero-order chi connectivity index (χ0) is 10.3. The van der Waals surface area contributed by atoms with Gasteiger partial charge < -0.3 is 13.8 Å². The topological polar surface area (TPSA) is 61.8 Å². The zero-order valence-electron chi connectivity index (χ0n) is 7.85. The van der Waals surface area contributed by atoms with Gasteiger partial charge in [-0.05, 0) is 0 Å². The van der Waals surface area contributed by atoms with Crippen molar-refractivity contribution >= 4 is 13.6 Å². The summed E-state index contributed by atoms with van der Waals surface area (Å²) in [5, 5.41) is 0. The van der Waals surface area contributed by atoms with E-state index in [2.05, 4.69) is 13.8 Å². The van der Waals surface area contributed by atoms with Crippen LogP contribution in [0.5, 0.6) is 0 Å². The second-order valence-corrected chi connectivity index (χ2v) is 4.40. The van der Waals surface area contributed by atoms with Crippen molar-refractivity contribution in [2.45, 2.75) is 0 Å². The summed E-state index contributed by atoms with van der Waals surface area (Å²) in [6.07, 6.45) is 2.61. The van der Waals surface area contributed by atoms with Crippen LogP contribution in [0.4, 0.5) is 0 Å². The second kappa shape index (κ2) is 5.91. The van der Waals surface area contributed by atoms with E-state index < -0.39 is 13.6 Å². The van der Waals surface area contributed by atoms with Crippen molar-refractivity contribution in [3.05, 3.63) is 12.2 Å². The van der Waals surface area contributed by atoms with Gasteiger partial charge in [0.15, 0.2) is 0 Å². The van der Waals surface area contributed by atoms with Gasteiger partial charge in [0.1, 0.15) is 0 Å². The largest absolute Gasteiger partial charge is 0.466 e. The highest BCUT2D eigenvalue weighted by molar-refractivity contribution is 7.54. The Morgan fingerprint density at radius 3 is 2.23 bits per heavy atom. The lowest BCUT2D eigenvalue weighted by atomic mass is 10.5. The lowest BCUT2D eigenvalue weighted by Gasteiger charge is -2.10. The molecule has 0 aliphatic rings. The van der Waals surface area contributed by atoms with Crippen LogP contribution in [0.2, 0.25) is 0 Å². The van der Waals surface area contributed by atoms with Crippen LogP contribution >= 0.6 is 7.60 Å². The van der Waals surface area contributed by atoms with Crippen molar-refractivity contribution in [3.63, 3.8) is 0 Å². The third kappa shape index (κ3) is 4.83. The van der Waals surface area contributed by atoms with E-state index in [1.165, 1.54) is 33.5 Å². The van der Waals surface area contributed by atoms with Gasteiger partial charge in [0, 0.05) is 20.3 Å². The molecule has 0 aliphatic heterocycles. The summed E-state index contributed by atoms with van der Waals surface area (Å²) in [6, 6.07) is 0. The summed E-state index contributed by atoms with van der Waals surface area (Å²) in [7, 11) is 0.796. The molecule has 0 radical (unpaired) electrons. The van der Waals surface area contributed by atoms with Crippen LogP contribution in [0.1, 0.15) is 0 Å². The Morgan fingerprint density at radius 2 is 1.85 bits per heavy atom. The van der Waals surface area contributed by atoms with Crippen molar-refractivity contribution in [1.82, 2.24) is 0 Å². The zero-order valence-corrected chi connectivity index (χ0v) is 8.74. The average Bonchev–Trinajstić information content (AvgIpc) is 2.17. The van der Waals surface area contributed by atoms with Crippen LogP contribution < -0.4 is 0 Å². The van der Waals surface area contributed by atoms with E-state index in [1.807, 2.05) is 0 Å². The molecule has 0 spiro atoms. The van der Waals surface area contributed by atoms with Crippen LogP contribution in [-0.2, 0) is 23.1 Å². The Labute approximate surface area is 77.2 Å². The summed E-state index contributed by atoms with van der Waals surface area (Å²) in [5.41, 5.74) is 0. The summed E-state index contributed by atoms with van der Waals surface area (Å²) >= 11 is 0. The number of carbonyl (C=O) groups excluding carboxylic acids is 1. The highest BCUT2D eigenvalue weighted by atomic mass is 31.2. The molecule has 0 aromatic rings. The van der Waals surface area contributed by atoms with Crippen molar-refractivity contribution in [2.24, 2.45) is 0 Å². The minimum Gasteiger partial charge on any atom is -0.466 e. The van der Waals surface area contributed by atoms with Crippen LogP contribution in [0.15, 0.2) is 12.2 Å². The molecule has 76 valence electrons. The van der Waals surface area contributed by atoms with E-state index in [-0.39, 0.29) is 6.16 Å². The van der Waals surface area contributed by atoms with E-state index in [9.17, 15) is 9.36 Å². The van der Waals surface area contributed by atoms with Crippen LogP contribution in [-0.4, -0.2) is 33.5 Å². The predicted octanol–water partition coefficient (Wildman–Crippen LogP) is 1.20. The fourth-order valence-corrected chi connectivity index (χ4v) is 1.38. The molecule has 0 bridgehead atoms. The maximum absolute atomic E-state index is 11.4. The minimum absolute atomic E-state index is 0.0507. The number of rotatable bonds is 5. The molecule has 0 rings (SSSR count). The van der Waals surface area contributed by atoms with Gasteiger partial charge >= 0.3 is 13.6 Å². The van der Waals surface area contributed by atoms with Crippen molar-refractivity contribution in [2.75, 3.05) is 27.5 Å². The van der Waals surface area contributed by atoms with E-state index in [0.29, 0.717) is 0 Å². The van der Waals surface area contributed by atoms with Crippen molar-refractivity contribution in [3.8, 4) is 0 Å². The van der Waals surface area contributed by atoms with E-state index in [4.69, 9.17) is 0 Å². The van der Waals surface area contributed by atoms with Crippen LogP contribution in [0, 0.1) is 0 Å². The lowest BCUT2D eigenvalue weighted by molar-refractivity contribution is -0.134. The average molecular weight is 208 g/mol. The summed E-state index contributed by atoms with van der Waals surface area (Å²) in [5.74, 6) is -0.501. The van der Waals surface area contributed by atoms with Gasteiger partial charge in [0.2, 0.25) is 0 Å². The molecule has 0 amide bonds. The lowest BCUT2D eigenvalue weighted by Crippen LogP contribution is -1.96. The molecule has 0 N–H and O–H groups in total. The molecule has 6 heteroatoms. The number of ether oxygens (including phenoxy) is 1. The molecule has 0 aromatic carbocycles. The van der Waals surface area contributed by atoms with Gasteiger partial charge in [-0.25, -0.2) is 4.79 Å². The SMILES string of the molecule is COC(=O)C=CCP(=O)(OC)OC. The second-order valence-electron chi connectivity index (χ2n) is 2.08. The van der Waals surface area contributed by atoms with Gasteiger partial charge in [-0.3, -0.25) is 4.57 Å². The third-order valence-electron chi connectivity index (χ3n) is 1.34. The predicted molar refractivity (Wildman–Crippen MR) is 47.6 cm³/mol. The first-order valence-electron chi connectivity index (χ1n) is 3.53. The fraction of sp³-hybridized carbons (Fsp3) is 0.571. The van der Waals surface area contributed by atoms with Crippen molar-refractivity contribution < 1.29 is 23.1 Å². The summed E-state index contributed by atoms with van der Waals surface area (Å²) < 4.78 is 25.0. The fourth-order valence-electron chi connectivity index (χ4n) is 0.570. The maximum Gasteiger partial charge on any atom is 0.333 e. The van der Waals surface area contributed by atoms with Gasteiger partial charge in [-0.2, -0.15) is 0 Å². The molecule has 0 saturated heterocycles. The number of methoxy groups -OCH3 is 1. The minimum atomic E-state index is -3.04. The molecule has 0 aromatic heterocycles. The number of esters is 1. The third-order valence-corrected chi connectivity index (χ3v) is 3.11. The van der Waals surface area contributed by atoms with Gasteiger partial charge in [0.25, 0.3) is 0 Å². The number of carbonyl (C=O) groups is 1. The van der Waals surface area contributed by atoms with Crippen molar-refractivity contribution in [1.29, 1.82) is 0 Å². The maximum atomic E-state index is 11.4. The van der Waals surface area contributed by atoms with E-state index in [0.717, 1.165) is 0 Å². The normalized spacial score (nSPS) is 11.9. The number of hydrogen-bond donors (Lipinski definition) is 0. The Hall–Kier alpha value is -0.640. The first-order valence-corrected chi connectivity index (χ1v) is 5.26. The standard InChI is InChI=1S/C7H13O5P/c1-10-7(8)5-4-6-13(9,11-2)12-3/h4-5H,6H2,1-3H3. The quantitative estimate of drug-likeness (QED) is 0.386. The highest BCUT2D eigenvalue weighted by Gasteiger charge is 2.18. The Bertz CT molecular complexity index is 227. The molecular formula is C7H13O5P. The Morgan fingerprint density at radius 1 is 1.31 bits per heavy atom. The molecular weight excluding hydrogens is 195 g/mol. The first kappa shape index (κ1) is 12.4. The Kier molecular flexibility index (Phi) is 5.62. The van der Waals surface area contributed by atoms with Gasteiger partial charge in [-0.1, -0.05) is 6.08 Å². The number of allylic oxidation sites excluding steroid dienone is 1. The smallest absolute Gasteiger partial charge is 0.333 e. The molecule has 0 aliphatic carbocycles. The molecule has 5 nitrogen and oxygen atoms in total. The first-order chi connectivity index (χ1) is 6.08. The van der Waals surface area contributed by atoms with E-state index in [1.54, 1.807) is 0 Å². The summed E-state index contributed by atoms with van der Waals surface area (Å²) in [4.78, 5) is 10.6.